The largest absolute Gasteiger partial charge is 0.479 e. The molecule has 4 heteroatoms. The number of nitrogens with one attached hydrogen (secondary N) is 1. The molecule has 1 N–H and O–H groups in total. The molecule has 1 saturated carbocycles. The van der Waals surface area contributed by atoms with Crippen LogP contribution >= 0.6 is 11.6 Å². The predicted octanol–water partition coefficient (Wildman–Crippen LogP) is 3.17. The molecule has 1 atom stereocenters. The van der Waals surface area contributed by atoms with E-state index in [1.165, 1.54) is 12.8 Å². The van der Waals surface area contributed by atoms with Crippen molar-refractivity contribution in [2.75, 3.05) is 0 Å². The molecule has 0 bridgehead atoms. The summed E-state index contributed by atoms with van der Waals surface area (Å²) in [5.41, 5.74) is 0. The van der Waals surface area contributed by atoms with Gasteiger partial charge in [-0.2, -0.15) is 0 Å². The first-order valence-electron chi connectivity index (χ1n) is 6.38. The van der Waals surface area contributed by atoms with Crippen LogP contribution in [0.4, 0.5) is 0 Å². The Labute approximate surface area is 112 Å². The molecule has 0 aliphatic heterocycles. The normalized spacial score (nSPS) is 17.4. The molecule has 1 amide bonds. The Morgan fingerprint density at radius 1 is 1.39 bits per heavy atom. The van der Waals surface area contributed by atoms with E-state index >= 15 is 0 Å². The average Bonchev–Trinajstić information content (AvgIpc) is 2.84. The highest BCUT2D eigenvalue weighted by Crippen LogP contribution is 2.24. The van der Waals surface area contributed by atoms with Gasteiger partial charge in [-0.3, -0.25) is 4.79 Å². The summed E-state index contributed by atoms with van der Waals surface area (Å²) in [5, 5.41) is 3.54. The second-order valence-corrected chi connectivity index (χ2v) is 5.09. The summed E-state index contributed by atoms with van der Waals surface area (Å²) in [4.78, 5) is 11.9. The van der Waals surface area contributed by atoms with Crippen LogP contribution in [0.1, 0.15) is 32.6 Å². The lowest BCUT2D eigenvalue weighted by Gasteiger charge is -2.18. The van der Waals surface area contributed by atoms with Crippen LogP contribution in [0.3, 0.4) is 0 Å². The molecule has 1 fully saturated rings. The van der Waals surface area contributed by atoms with E-state index in [-0.39, 0.29) is 5.91 Å². The summed E-state index contributed by atoms with van der Waals surface area (Å²) in [7, 11) is 0. The van der Waals surface area contributed by atoms with E-state index in [9.17, 15) is 4.79 Å². The Morgan fingerprint density at radius 2 is 2.06 bits per heavy atom. The van der Waals surface area contributed by atoms with Gasteiger partial charge < -0.3 is 10.1 Å². The van der Waals surface area contributed by atoms with Crippen LogP contribution in [-0.4, -0.2) is 18.1 Å². The first-order chi connectivity index (χ1) is 8.66. The lowest BCUT2D eigenvalue weighted by atomic mass is 10.2. The summed E-state index contributed by atoms with van der Waals surface area (Å²) in [6, 6.07) is 7.50. The molecule has 3 nitrogen and oxygen atoms in total. The molecule has 0 unspecified atom stereocenters. The van der Waals surface area contributed by atoms with Crippen LogP contribution in [0.5, 0.6) is 5.75 Å². The van der Waals surface area contributed by atoms with Crippen LogP contribution in [0.25, 0.3) is 0 Å². The topological polar surface area (TPSA) is 38.3 Å². The minimum absolute atomic E-state index is 0.0678. The number of para-hydroxylation sites is 1. The number of amides is 1. The van der Waals surface area contributed by atoms with Crippen molar-refractivity contribution in [2.24, 2.45) is 0 Å². The lowest BCUT2D eigenvalue weighted by Crippen LogP contribution is -2.41. The fourth-order valence-electron chi connectivity index (χ4n) is 2.17. The van der Waals surface area contributed by atoms with E-state index in [1.54, 1.807) is 19.1 Å². The molecule has 2 rings (SSSR count). The van der Waals surface area contributed by atoms with Crippen LogP contribution in [0.2, 0.25) is 5.02 Å². The van der Waals surface area contributed by atoms with E-state index in [0.717, 1.165) is 12.8 Å². The van der Waals surface area contributed by atoms with Crippen molar-refractivity contribution in [3.63, 3.8) is 0 Å². The number of rotatable bonds is 4. The zero-order valence-electron chi connectivity index (χ0n) is 10.5. The molecule has 1 aromatic rings. The van der Waals surface area contributed by atoms with E-state index in [4.69, 9.17) is 16.3 Å². The molecule has 0 saturated heterocycles. The lowest BCUT2D eigenvalue weighted by molar-refractivity contribution is -0.127. The van der Waals surface area contributed by atoms with Crippen molar-refractivity contribution in [3.05, 3.63) is 29.3 Å². The molecule has 18 heavy (non-hydrogen) atoms. The first kappa shape index (κ1) is 13.2. The molecular formula is C14H18ClNO2. The van der Waals surface area contributed by atoms with Gasteiger partial charge in [-0.25, -0.2) is 0 Å². The van der Waals surface area contributed by atoms with Gasteiger partial charge in [0.25, 0.3) is 5.91 Å². The fourth-order valence-corrected chi connectivity index (χ4v) is 2.35. The van der Waals surface area contributed by atoms with Crippen molar-refractivity contribution in [1.82, 2.24) is 5.32 Å². The van der Waals surface area contributed by atoms with E-state index in [0.29, 0.717) is 16.8 Å². The van der Waals surface area contributed by atoms with E-state index in [2.05, 4.69) is 5.32 Å². The maximum absolute atomic E-state index is 11.9. The van der Waals surface area contributed by atoms with Crippen molar-refractivity contribution >= 4 is 17.5 Å². The molecule has 1 aliphatic carbocycles. The van der Waals surface area contributed by atoms with Crippen molar-refractivity contribution in [3.8, 4) is 5.75 Å². The molecule has 0 radical (unpaired) electrons. The number of halogens is 1. The first-order valence-corrected chi connectivity index (χ1v) is 6.76. The van der Waals surface area contributed by atoms with Gasteiger partial charge in [-0.15, -0.1) is 0 Å². The van der Waals surface area contributed by atoms with Crippen molar-refractivity contribution < 1.29 is 9.53 Å². The number of hydrogen-bond donors (Lipinski definition) is 1. The summed E-state index contributed by atoms with van der Waals surface area (Å²) >= 11 is 5.99. The summed E-state index contributed by atoms with van der Waals surface area (Å²) < 4.78 is 5.57. The maximum Gasteiger partial charge on any atom is 0.260 e. The smallest absolute Gasteiger partial charge is 0.260 e. The third-order valence-electron chi connectivity index (χ3n) is 3.21. The molecule has 0 heterocycles. The van der Waals surface area contributed by atoms with E-state index in [1.807, 2.05) is 12.1 Å². The number of carbonyl (C=O) groups is 1. The Hall–Kier alpha value is -1.22. The minimum Gasteiger partial charge on any atom is -0.479 e. The van der Waals surface area contributed by atoms with Gasteiger partial charge in [0.05, 0.1) is 5.02 Å². The Kier molecular flexibility index (Phi) is 4.48. The second kappa shape index (κ2) is 6.10. The van der Waals surface area contributed by atoms with Gasteiger partial charge >= 0.3 is 0 Å². The second-order valence-electron chi connectivity index (χ2n) is 4.68. The van der Waals surface area contributed by atoms with Crippen LogP contribution in [-0.2, 0) is 4.79 Å². The zero-order chi connectivity index (χ0) is 13.0. The maximum atomic E-state index is 11.9. The quantitative estimate of drug-likeness (QED) is 0.910. The van der Waals surface area contributed by atoms with Crippen molar-refractivity contribution in [1.29, 1.82) is 0 Å². The monoisotopic (exact) mass is 267 g/mol. The molecule has 0 aromatic heterocycles. The van der Waals surface area contributed by atoms with Gasteiger partial charge in [0.1, 0.15) is 5.75 Å². The van der Waals surface area contributed by atoms with Crippen LogP contribution in [0, 0.1) is 0 Å². The van der Waals surface area contributed by atoms with E-state index < -0.39 is 6.10 Å². The Balaban J connectivity index is 1.89. The summed E-state index contributed by atoms with van der Waals surface area (Å²) in [5.74, 6) is 0.482. The highest BCUT2D eigenvalue weighted by molar-refractivity contribution is 6.32. The average molecular weight is 268 g/mol. The number of carbonyl (C=O) groups excluding carboxylic acids is 1. The highest BCUT2D eigenvalue weighted by Gasteiger charge is 2.21. The Morgan fingerprint density at radius 3 is 2.72 bits per heavy atom. The predicted molar refractivity (Wildman–Crippen MR) is 71.9 cm³/mol. The zero-order valence-corrected chi connectivity index (χ0v) is 11.2. The van der Waals surface area contributed by atoms with Gasteiger partial charge in [0.15, 0.2) is 6.10 Å². The third-order valence-corrected chi connectivity index (χ3v) is 3.52. The van der Waals surface area contributed by atoms with Gasteiger partial charge in [0.2, 0.25) is 0 Å². The molecule has 1 aromatic carbocycles. The fraction of sp³-hybridized carbons (Fsp3) is 0.500. The molecule has 98 valence electrons. The van der Waals surface area contributed by atoms with Gasteiger partial charge in [-0.05, 0) is 31.9 Å². The highest BCUT2D eigenvalue weighted by atomic mass is 35.5. The van der Waals surface area contributed by atoms with Gasteiger partial charge in [-0.1, -0.05) is 36.6 Å². The summed E-state index contributed by atoms with van der Waals surface area (Å²) in [6.45, 7) is 1.74. The minimum atomic E-state index is -0.523. The number of hydrogen-bond acceptors (Lipinski definition) is 2. The Bertz CT molecular complexity index is 416. The number of ether oxygens (including phenoxy) is 1. The summed E-state index contributed by atoms with van der Waals surface area (Å²) in [6.07, 6.45) is 4.02. The third kappa shape index (κ3) is 3.39. The van der Waals surface area contributed by atoms with Crippen LogP contribution < -0.4 is 10.1 Å². The van der Waals surface area contributed by atoms with Gasteiger partial charge in [0, 0.05) is 6.04 Å². The molecular weight excluding hydrogens is 250 g/mol. The standard InChI is InChI=1S/C14H18ClNO2/c1-10(14(17)16-11-6-2-3-7-11)18-13-9-5-4-8-12(13)15/h4-5,8-11H,2-3,6-7H2,1H3,(H,16,17)/t10-/m0/s1. The number of benzene rings is 1. The molecule has 1 aliphatic rings. The SMILES string of the molecule is C[C@H](Oc1ccccc1Cl)C(=O)NC1CCCC1. The van der Waals surface area contributed by atoms with Crippen molar-refractivity contribution in [2.45, 2.75) is 44.8 Å². The van der Waals surface area contributed by atoms with Crippen LogP contribution in [0.15, 0.2) is 24.3 Å². The molecule has 0 spiro atoms.